The summed E-state index contributed by atoms with van der Waals surface area (Å²) in [6.45, 7) is 6.56. The van der Waals surface area contributed by atoms with Crippen LogP contribution in [-0.4, -0.2) is 34.2 Å². The van der Waals surface area contributed by atoms with Crippen molar-refractivity contribution in [1.29, 1.82) is 0 Å². The van der Waals surface area contributed by atoms with Crippen LogP contribution in [0.3, 0.4) is 0 Å². The molecule has 0 saturated heterocycles. The van der Waals surface area contributed by atoms with Gasteiger partial charge < -0.3 is 20.4 Å². The Balaban J connectivity index is 1.44. The largest absolute Gasteiger partial charge is 0.466 e. The summed E-state index contributed by atoms with van der Waals surface area (Å²) in [4.78, 5) is 16.4. The van der Waals surface area contributed by atoms with Gasteiger partial charge in [-0.2, -0.15) is 0 Å². The molecule has 27 heavy (non-hydrogen) atoms. The molecule has 0 aliphatic heterocycles. The molecule has 0 spiro atoms. The van der Waals surface area contributed by atoms with Crippen LogP contribution in [0.1, 0.15) is 27.4 Å². The van der Waals surface area contributed by atoms with Gasteiger partial charge in [0.2, 0.25) is 0 Å². The number of furan rings is 1. The summed E-state index contributed by atoms with van der Waals surface area (Å²) in [6, 6.07) is 9.22. The van der Waals surface area contributed by atoms with Crippen LogP contribution in [0.5, 0.6) is 0 Å². The van der Waals surface area contributed by atoms with Crippen LogP contribution < -0.4 is 16.0 Å². The number of hydrogen-bond acceptors (Lipinski definition) is 7. The minimum absolute atomic E-state index is 0.151. The molecular formula is C19H22N6O2. The van der Waals surface area contributed by atoms with Crippen molar-refractivity contribution in [3.63, 3.8) is 0 Å². The zero-order valence-corrected chi connectivity index (χ0v) is 15.5. The summed E-state index contributed by atoms with van der Waals surface area (Å²) in [5, 5.41) is 17.3. The zero-order chi connectivity index (χ0) is 19.2. The second kappa shape index (κ2) is 8.31. The first-order valence-electron chi connectivity index (χ1n) is 8.64. The van der Waals surface area contributed by atoms with E-state index in [4.69, 9.17) is 4.42 Å². The summed E-state index contributed by atoms with van der Waals surface area (Å²) in [6.07, 6.45) is 1.78. The lowest BCUT2D eigenvalue weighted by atomic mass is 10.2. The Bertz CT molecular complexity index is 903. The predicted molar refractivity (Wildman–Crippen MR) is 103 cm³/mol. The molecular weight excluding hydrogens is 344 g/mol. The Kier molecular flexibility index (Phi) is 5.65. The zero-order valence-electron chi connectivity index (χ0n) is 15.5. The number of rotatable bonds is 7. The van der Waals surface area contributed by atoms with Gasteiger partial charge in [-0.05, 0) is 50.6 Å². The van der Waals surface area contributed by atoms with E-state index >= 15 is 0 Å². The van der Waals surface area contributed by atoms with Gasteiger partial charge >= 0.3 is 0 Å². The van der Waals surface area contributed by atoms with Gasteiger partial charge in [-0.15, -0.1) is 10.2 Å². The maximum atomic E-state index is 12.1. The predicted octanol–water partition coefficient (Wildman–Crippen LogP) is 2.98. The Morgan fingerprint density at radius 3 is 2.37 bits per heavy atom. The van der Waals surface area contributed by atoms with Crippen LogP contribution in [0.15, 0.2) is 40.9 Å². The van der Waals surface area contributed by atoms with Crippen molar-refractivity contribution < 1.29 is 9.21 Å². The van der Waals surface area contributed by atoms with E-state index in [0.29, 0.717) is 41.9 Å². The highest BCUT2D eigenvalue weighted by molar-refractivity contribution is 5.95. The topological polar surface area (TPSA) is 105 Å². The number of amides is 1. The maximum absolute atomic E-state index is 12.1. The number of aromatic nitrogens is 3. The summed E-state index contributed by atoms with van der Waals surface area (Å²) in [5.74, 6) is 3.14. The number of nitrogens with one attached hydrogen (secondary N) is 3. The van der Waals surface area contributed by atoms with Gasteiger partial charge in [0.1, 0.15) is 23.2 Å². The van der Waals surface area contributed by atoms with Crippen LogP contribution in [0.4, 0.5) is 17.5 Å². The average molecular weight is 366 g/mol. The summed E-state index contributed by atoms with van der Waals surface area (Å²) < 4.78 is 5.37. The number of aryl methyl sites for hydroxylation is 3. The number of anilines is 3. The van der Waals surface area contributed by atoms with Crippen molar-refractivity contribution >= 4 is 23.4 Å². The monoisotopic (exact) mass is 366 g/mol. The fraction of sp³-hybridized carbons (Fsp3) is 0.263. The van der Waals surface area contributed by atoms with Crippen molar-refractivity contribution in [1.82, 2.24) is 20.5 Å². The van der Waals surface area contributed by atoms with E-state index in [0.717, 1.165) is 11.3 Å². The quantitative estimate of drug-likeness (QED) is 0.552. The van der Waals surface area contributed by atoms with Crippen LogP contribution in [0.2, 0.25) is 0 Å². The number of carbonyl (C=O) groups excluding carboxylic acids is 1. The molecule has 3 aromatic rings. The Morgan fingerprint density at radius 1 is 1.00 bits per heavy atom. The van der Waals surface area contributed by atoms with E-state index in [9.17, 15) is 4.79 Å². The van der Waals surface area contributed by atoms with Gasteiger partial charge in [0.15, 0.2) is 5.82 Å². The van der Waals surface area contributed by atoms with Crippen LogP contribution in [0.25, 0.3) is 0 Å². The Labute approximate surface area is 157 Å². The molecule has 3 aromatic heterocycles. The van der Waals surface area contributed by atoms with E-state index in [-0.39, 0.29) is 5.91 Å². The van der Waals surface area contributed by atoms with Crippen molar-refractivity contribution in [3.05, 3.63) is 59.2 Å². The van der Waals surface area contributed by atoms with Crippen molar-refractivity contribution in [2.24, 2.45) is 0 Å². The maximum Gasteiger partial charge on any atom is 0.254 e. The first-order chi connectivity index (χ1) is 13.0. The second-order valence-electron chi connectivity index (χ2n) is 6.16. The van der Waals surface area contributed by atoms with E-state index in [1.165, 1.54) is 0 Å². The molecule has 1 amide bonds. The van der Waals surface area contributed by atoms with Gasteiger partial charge in [-0.1, -0.05) is 6.07 Å². The van der Waals surface area contributed by atoms with E-state index < -0.39 is 0 Å². The normalized spacial score (nSPS) is 10.5. The Morgan fingerprint density at radius 2 is 1.74 bits per heavy atom. The van der Waals surface area contributed by atoms with Crippen LogP contribution in [-0.2, 0) is 0 Å². The van der Waals surface area contributed by atoms with Gasteiger partial charge in [0.05, 0.1) is 5.56 Å². The van der Waals surface area contributed by atoms with Crippen LogP contribution >= 0.6 is 0 Å². The average Bonchev–Trinajstić information content (AvgIpc) is 3.00. The smallest absolute Gasteiger partial charge is 0.254 e. The SMILES string of the molecule is Cc1ccc(Nc2ccc(NCCNC(=O)c3cc(C)oc3C)nn2)nc1. The lowest BCUT2D eigenvalue weighted by Crippen LogP contribution is -2.29. The molecule has 3 rings (SSSR count). The van der Waals surface area contributed by atoms with Gasteiger partial charge in [-0.25, -0.2) is 4.98 Å². The number of pyridine rings is 1. The molecule has 0 aliphatic rings. The molecule has 0 radical (unpaired) electrons. The minimum Gasteiger partial charge on any atom is -0.466 e. The van der Waals surface area contributed by atoms with Crippen LogP contribution in [0, 0.1) is 20.8 Å². The third-order valence-corrected chi connectivity index (χ3v) is 3.83. The van der Waals surface area contributed by atoms with Crippen molar-refractivity contribution in [2.75, 3.05) is 23.7 Å². The molecule has 0 unspecified atom stereocenters. The lowest BCUT2D eigenvalue weighted by molar-refractivity contribution is 0.0953. The molecule has 0 atom stereocenters. The third kappa shape index (κ3) is 5.04. The molecule has 0 aliphatic carbocycles. The highest BCUT2D eigenvalue weighted by atomic mass is 16.3. The van der Waals surface area contributed by atoms with Crippen molar-refractivity contribution in [2.45, 2.75) is 20.8 Å². The first-order valence-corrected chi connectivity index (χ1v) is 8.64. The molecule has 0 fully saturated rings. The number of nitrogens with zero attached hydrogens (tertiary/aromatic N) is 3. The number of hydrogen-bond donors (Lipinski definition) is 3. The fourth-order valence-corrected chi connectivity index (χ4v) is 2.48. The fourth-order valence-electron chi connectivity index (χ4n) is 2.48. The molecule has 8 nitrogen and oxygen atoms in total. The van der Waals surface area contributed by atoms with Crippen molar-refractivity contribution in [3.8, 4) is 0 Å². The molecule has 3 N–H and O–H groups in total. The molecule has 8 heteroatoms. The van der Waals surface area contributed by atoms with E-state index in [2.05, 4.69) is 31.1 Å². The third-order valence-electron chi connectivity index (χ3n) is 3.83. The van der Waals surface area contributed by atoms with E-state index in [1.54, 1.807) is 19.2 Å². The second-order valence-corrected chi connectivity index (χ2v) is 6.16. The summed E-state index contributed by atoms with van der Waals surface area (Å²) in [7, 11) is 0. The summed E-state index contributed by atoms with van der Waals surface area (Å²) in [5.41, 5.74) is 1.66. The van der Waals surface area contributed by atoms with Gasteiger partial charge in [-0.3, -0.25) is 4.79 Å². The highest BCUT2D eigenvalue weighted by Crippen LogP contribution is 2.14. The molecule has 140 valence electrons. The number of carbonyl (C=O) groups is 1. The molecule has 3 heterocycles. The highest BCUT2D eigenvalue weighted by Gasteiger charge is 2.12. The summed E-state index contributed by atoms with van der Waals surface area (Å²) >= 11 is 0. The first kappa shape index (κ1) is 18.4. The Hall–Kier alpha value is -3.42. The van der Waals surface area contributed by atoms with E-state index in [1.807, 2.05) is 38.1 Å². The van der Waals surface area contributed by atoms with Gasteiger partial charge in [0, 0.05) is 19.3 Å². The molecule has 0 aromatic carbocycles. The molecule has 0 saturated carbocycles. The molecule has 0 bridgehead atoms. The van der Waals surface area contributed by atoms with Gasteiger partial charge in [0.25, 0.3) is 5.91 Å². The standard InChI is InChI=1S/C19H22N6O2/c1-12-4-5-16(22-11-12)23-18-7-6-17(24-25-18)20-8-9-21-19(26)15-10-13(2)27-14(15)3/h4-7,10-11H,8-9H2,1-3H3,(H,20,24)(H,21,26)(H,22,23,25). The minimum atomic E-state index is -0.151. The lowest BCUT2D eigenvalue weighted by Gasteiger charge is -2.08.